The molecule has 1 heterocycles. The van der Waals surface area contributed by atoms with Crippen LogP contribution >= 0.6 is 0 Å². The van der Waals surface area contributed by atoms with Gasteiger partial charge in [-0.2, -0.15) is 0 Å². The molecular formula is C15H13F2NO2. The Labute approximate surface area is 115 Å². The van der Waals surface area contributed by atoms with Gasteiger partial charge in [-0.05, 0) is 36.8 Å². The van der Waals surface area contributed by atoms with Crippen molar-refractivity contribution >= 4 is 5.69 Å². The molecule has 5 heteroatoms. The van der Waals surface area contributed by atoms with Crippen LogP contribution in [-0.2, 0) is 0 Å². The molecule has 3 rings (SSSR count). The molecule has 104 valence electrons. The molecule has 0 saturated heterocycles. The third kappa shape index (κ3) is 2.39. The number of anilines is 1. The lowest BCUT2D eigenvalue weighted by Crippen LogP contribution is -2.07. The van der Waals surface area contributed by atoms with Gasteiger partial charge in [0.25, 0.3) is 0 Å². The molecule has 0 spiro atoms. The van der Waals surface area contributed by atoms with E-state index in [4.69, 9.17) is 9.47 Å². The Morgan fingerprint density at radius 2 is 1.80 bits per heavy atom. The third-order valence-electron chi connectivity index (χ3n) is 3.20. The number of benzene rings is 2. The molecule has 3 nitrogen and oxygen atoms in total. The van der Waals surface area contributed by atoms with E-state index in [1.54, 1.807) is 0 Å². The first-order valence-corrected chi connectivity index (χ1v) is 6.24. The summed E-state index contributed by atoms with van der Waals surface area (Å²) in [5.41, 5.74) is 1.49. The predicted octanol–water partition coefficient (Wildman–Crippen LogP) is 3.87. The van der Waals surface area contributed by atoms with Crippen molar-refractivity contribution in [2.45, 2.75) is 13.0 Å². The van der Waals surface area contributed by atoms with Gasteiger partial charge in [0.05, 0.1) is 0 Å². The second-order valence-electron chi connectivity index (χ2n) is 4.61. The van der Waals surface area contributed by atoms with Gasteiger partial charge in [0.1, 0.15) is 0 Å². The van der Waals surface area contributed by atoms with Gasteiger partial charge in [-0.1, -0.05) is 6.07 Å². The number of fused-ring (bicyclic) bond motifs is 1. The lowest BCUT2D eigenvalue weighted by atomic mass is 10.1. The summed E-state index contributed by atoms with van der Waals surface area (Å²) in [6.07, 6.45) is 0. The molecule has 0 saturated carbocycles. The molecule has 0 radical (unpaired) electrons. The van der Waals surface area contributed by atoms with Crippen molar-refractivity contribution in [2.75, 3.05) is 12.1 Å². The molecule has 1 N–H and O–H groups in total. The molecule has 0 bridgehead atoms. The highest BCUT2D eigenvalue weighted by atomic mass is 19.2. The van der Waals surface area contributed by atoms with Crippen LogP contribution in [0.15, 0.2) is 36.4 Å². The van der Waals surface area contributed by atoms with Gasteiger partial charge < -0.3 is 14.8 Å². The van der Waals surface area contributed by atoms with Crippen LogP contribution in [-0.4, -0.2) is 6.79 Å². The van der Waals surface area contributed by atoms with E-state index in [2.05, 4.69) is 5.32 Å². The maximum absolute atomic E-state index is 13.2. The standard InChI is InChI=1S/C15H13F2NO2/c1-9(18-11-3-4-12(16)13(17)7-11)10-2-5-14-15(6-10)20-8-19-14/h2-7,9,18H,8H2,1H3. The van der Waals surface area contributed by atoms with Gasteiger partial charge in [0, 0.05) is 17.8 Å². The third-order valence-corrected chi connectivity index (χ3v) is 3.20. The van der Waals surface area contributed by atoms with Crippen molar-refractivity contribution in [1.29, 1.82) is 0 Å². The van der Waals surface area contributed by atoms with Crippen LogP contribution in [0.3, 0.4) is 0 Å². The smallest absolute Gasteiger partial charge is 0.231 e. The lowest BCUT2D eigenvalue weighted by molar-refractivity contribution is 0.174. The number of rotatable bonds is 3. The molecule has 1 atom stereocenters. The van der Waals surface area contributed by atoms with Crippen LogP contribution in [0.5, 0.6) is 11.5 Å². The van der Waals surface area contributed by atoms with Gasteiger partial charge in [-0.15, -0.1) is 0 Å². The zero-order valence-corrected chi connectivity index (χ0v) is 10.8. The monoisotopic (exact) mass is 277 g/mol. The van der Waals surface area contributed by atoms with Gasteiger partial charge in [0.15, 0.2) is 23.1 Å². The van der Waals surface area contributed by atoms with Crippen molar-refractivity contribution in [2.24, 2.45) is 0 Å². The normalized spacial score (nSPS) is 14.2. The minimum absolute atomic E-state index is 0.0747. The van der Waals surface area contributed by atoms with E-state index < -0.39 is 11.6 Å². The van der Waals surface area contributed by atoms with Crippen LogP contribution < -0.4 is 14.8 Å². The zero-order valence-electron chi connectivity index (χ0n) is 10.8. The predicted molar refractivity (Wildman–Crippen MR) is 71.0 cm³/mol. The zero-order chi connectivity index (χ0) is 14.1. The van der Waals surface area contributed by atoms with E-state index in [-0.39, 0.29) is 12.8 Å². The van der Waals surface area contributed by atoms with E-state index in [1.807, 2.05) is 25.1 Å². The van der Waals surface area contributed by atoms with E-state index in [1.165, 1.54) is 6.07 Å². The summed E-state index contributed by atoms with van der Waals surface area (Å²) < 4.78 is 36.6. The summed E-state index contributed by atoms with van der Waals surface area (Å²) in [5, 5.41) is 3.11. The summed E-state index contributed by atoms with van der Waals surface area (Å²) in [4.78, 5) is 0. The minimum atomic E-state index is -0.868. The molecule has 2 aromatic rings. The number of hydrogen-bond acceptors (Lipinski definition) is 3. The largest absolute Gasteiger partial charge is 0.454 e. The van der Waals surface area contributed by atoms with Crippen molar-refractivity contribution in [3.8, 4) is 11.5 Å². The Morgan fingerprint density at radius 1 is 1.00 bits per heavy atom. The highest BCUT2D eigenvalue weighted by molar-refractivity contribution is 5.49. The van der Waals surface area contributed by atoms with Gasteiger partial charge in [-0.25, -0.2) is 8.78 Å². The van der Waals surface area contributed by atoms with Gasteiger partial charge in [0.2, 0.25) is 6.79 Å². The van der Waals surface area contributed by atoms with Crippen LogP contribution in [0.4, 0.5) is 14.5 Å². The molecule has 1 unspecified atom stereocenters. The van der Waals surface area contributed by atoms with Crippen molar-refractivity contribution in [3.63, 3.8) is 0 Å². The number of halogens is 2. The quantitative estimate of drug-likeness (QED) is 0.924. The maximum Gasteiger partial charge on any atom is 0.231 e. The molecule has 1 aliphatic rings. The molecule has 0 aliphatic carbocycles. The Balaban J connectivity index is 1.78. The van der Waals surface area contributed by atoms with Crippen molar-refractivity contribution in [1.82, 2.24) is 0 Å². The molecule has 1 aliphatic heterocycles. The maximum atomic E-state index is 13.2. The Kier molecular flexibility index (Phi) is 3.18. The summed E-state index contributed by atoms with van der Waals surface area (Å²) >= 11 is 0. The first-order valence-electron chi connectivity index (χ1n) is 6.24. The fourth-order valence-electron chi connectivity index (χ4n) is 2.10. The molecule has 20 heavy (non-hydrogen) atoms. The first kappa shape index (κ1) is 12.7. The average molecular weight is 277 g/mol. The van der Waals surface area contributed by atoms with Crippen LogP contribution in [0.2, 0.25) is 0 Å². The Morgan fingerprint density at radius 3 is 2.60 bits per heavy atom. The molecule has 0 amide bonds. The molecule has 2 aromatic carbocycles. The summed E-state index contributed by atoms with van der Waals surface area (Å²) in [6, 6.07) is 9.28. The highest BCUT2D eigenvalue weighted by Gasteiger charge is 2.16. The average Bonchev–Trinajstić information content (AvgIpc) is 2.90. The summed E-state index contributed by atoms with van der Waals surface area (Å²) in [7, 11) is 0. The summed E-state index contributed by atoms with van der Waals surface area (Å²) in [6.45, 7) is 2.16. The molecular weight excluding hydrogens is 264 g/mol. The second kappa shape index (κ2) is 5.00. The van der Waals surface area contributed by atoms with E-state index in [0.29, 0.717) is 17.2 Å². The second-order valence-corrected chi connectivity index (χ2v) is 4.61. The Bertz CT molecular complexity index is 646. The lowest BCUT2D eigenvalue weighted by Gasteiger charge is -2.16. The Hall–Kier alpha value is -2.30. The number of ether oxygens (including phenoxy) is 2. The summed E-state index contributed by atoms with van der Waals surface area (Å²) in [5.74, 6) is -0.311. The first-order chi connectivity index (χ1) is 9.63. The van der Waals surface area contributed by atoms with Crippen LogP contribution in [0, 0.1) is 11.6 Å². The number of nitrogens with one attached hydrogen (secondary N) is 1. The molecule has 0 aromatic heterocycles. The SMILES string of the molecule is CC(Nc1ccc(F)c(F)c1)c1ccc2c(c1)OCO2. The molecule has 0 fully saturated rings. The van der Waals surface area contributed by atoms with Crippen LogP contribution in [0.25, 0.3) is 0 Å². The van der Waals surface area contributed by atoms with E-state index >= 15 is 0 Å². The minimum Gasteiger partial charge on any atom is -0.454 e. The highest BCUT2D eigenvalue weighted by Crippen LogP contribution is 2.34. The van der Waals surface area contributed by atoms with Crippen molar-refractivity contribution in [3.05, 3.63) is 53.6 Å². The fourth-order valence-corrected chi connectivity index (χ4v) is 2.10. The fraction of sp³-hybridized carbons (Fsp3) is 0.200. The van der Waals surface area contributed by atoms with Gasteiger partial charge >= 0.3 is 0 Å². The number of hydrogen-bond donors (Lipinski definition) is 1. The van der Waals surface area contributed by atoms with Crippen LogP contribution in [0.1, 0.15) is 18.5 Å². The van der Waals surface area contributed by atoms with E-state index in [9.17, 15) is 8.78 Å². The van der Waals surface area contributed by atoms with Crippen molar-refractivity contribution < 1.29 is 18.3 Å². The van der Waals surface area contributed by atoms with Gasteiger partial charge in [-0.3, -0.25) is 0 Å². The van der Waals surface area contributed by atoms with E-state index in [0.717, 1.165) is 17.7 Å². The topological polar surface area (TPSA) is 30.5 Å².